The quantitative estimate of drug-likeness (QED) is 0.933. The Labute approximate surface area is 139 Å². The Balaban J connectivity index is 1.77. The highest BCUT2D eigenvalue weighted by Gasteiger charge is 2.37. The van der Waals surface area contributed by atoms with E-state index in [0.29, 0.717) is 12.2 Å². The average Bonchev–Trinajstić information content (AvgIpc) is 3.00. The van der Waals surface area contributed by atoms with Crippen molar-refractivity contribution in [3.05, 3.63) is 59.9 Å². The molecule has 3 rings (SSSR count). The van der Waals surface area contributed by atoms with Gasteiger partial charge in [-0.05, 0) is 35.9 Å². The predicted octanol–water partition coefficient (Wildman–Crippen LogP) is 1.91. The molecule has 0 spiro atoms. The summed E-state index contributed by atoms with van der Waals surface area (Å²) in [5, 5.41) is 2.59. The summed E-state index contributed by atoms with van der Waals surface area (Å²) in [6, 6.07) is 12.3. The first-order valence-electron chi connectivity index (χ1n) is 7.60. The highest BCUT2D eigenvalue weighted by atomic mass is 19.1. The van der Waals surface area contributed by atoms with E-state index in [9.17, 15) is 14.0 Å². The standard InChI is InChI=1S/C18H17FN2O3/c1-20-18(23)16-10-12-4-2-3-5-15(12)21(16)17(22)11-24-14-8-6-13(19)7-9-14/h2-9,16H,10-11H2,1H3,(H,20,23)/t16-/m1/s1. The molecular formula is C18H17FN2O3. The minimum Gasteiger partial charge on any atom is -0.484 e. The van der Waals surface area contributed by atoms with Gasteiger partial charge in [-0.25, -0.2) is 4.39 Å². The van der Waals surface area contributed by atoms with Gasteiger partial charge in [0.15, 0.2) is 6.61 Å². The van der Waals surface area contributed by atoms with Crippen molar-refractivity contribution in [2.75, 3.05) is 18.6 Å². The van der Waals surface area contributed by atoms with Crippen LogP contribution in [0.5, 0.6) is 5.75 Å². The Kier molecular flexibility index (Phi) is 4.46. The molecule has 1 N–H and O–H groups in total. The number of para-hydroxylation sites is 1. The molecule has 0 saturated heterocycles. The van der Waals surface area contributed by atoms with Crippen molar-refractivity contribution in [2.45, 2.75) is 12.5 Å². The Morgan fingerprint density at radius 2 is 1.92 bits per heavy atom. The third kappa shape index (κ3) is 3.08. The first kappa shape index (κ1) is 16.0. The molecule has 1 atom stereocenters. The van der Waals surface area contributed by atoms with Crippen molar-refractivity contribution in [1.82, 2.24) is 5.32 Å². The van der Waals surface area contributed by atoms with Crippen LogP contribution < -0.4 is 15.0 Å². The van der Waals surface area contributed by atoms with E-state index in [1.54, 1.807) is 7.05 Å². The first-order chi connectivity index (χ1) is 11.6. The maximum atomic E-state index is 12.9. The highest BCUT2D eigenvalue weighted by molar-refractivity contribution is 6.04. The maximum Gasteiger partial charge on any atom is 0.265 e. The summed E-state index contributed by atoms with van der Waals surface area (Å²) in [4.78, 5) is 26.2. The van der Waals surface area contributed by atoms with Crippen LogP contribution in [0.15, 0.2) is 48.5 Å². The predicted molar refractivity (Wildman–Crippen MR) is 87.4 cm³/mol. The molecule has 0 fully saturated rings. The van der Waals surface area contributed by atoms with Crippen LogP contribution in [0.2, 0.25) is 0 Å². The van der Waals surface area contributed by atoms with Crippen LogP contribution >= 0.6 is 0 Å². The topological polar surface area (TPSA) is 58.6 Å². The van der Waals surface area contributed by atoms with Crippen molar-refractivity contribution in [3.8, 4) is 5.75 Å². The number of hydrogen-bond acceptors (Lipinski definition) is 3. The lowest BCUT2D eigenvalue weighted by molar-refractivity contribution is -0.126. The van der Waals surface area contributed by atoms with Gasteiger partial charge in [0.2, 0.25) is 5.91 Å². The molecule has 5 nitrogen and oxygen atoms in total. The molecule has 0 radical (unpaired) electrons. The van der Waals surface area contributed by atoms with Gasteiger partial charge in [-0.3, -0.25) is 14.5 Å². The van der Waals surface area contributed by atoms with Crippen LogP contribution in [-0.2, 0) is 16.0 Å². The second-order valence-corrected chi connectivity index (χ2v) is 5.47. The Morgan fingerprint density at radius 3 is 2.62 bits per heavy atom. The van der Waals surface area contributed by atoms with Gasteiger partial charge in [0.1, 0.15) is 17.6 Å². The molecule has 0 aliphatic carbocycles. The number of amides is 2. The lowest BCUT2D eigenvalue weighted by atomic mass is 10.1. The second kappa shape index (κ2) is 6.70. The summed E-state index contributed by atoms with van der Waals surface area (Å²) in [5.41, 5.74) is 1.67. The summed E-state index contributed by atoms with van der Waals surface area (Å²) in [6.07, 6.45) is 0.470. The Morgan fingerprint density at radius 1 is 1.21 bits per heavy atom. The average molecular weight is 328 g/mol. The zero-order valence-electron chi connectivity index (χ0n) is 13.2. The number of hydrogen-bond donors (Lipinski definition) is 1. The van der Waals surface area contributed by atoms with Gasteiger partial charge in [-0.15, -0.1) is 0 Å². The van der Waals surface area contributed by atoms with Gasteiger partial charge in [0.25, 0.3) is 5.91 Å². The fraction of sp³-hybridized carbons (Fsp3) is 0.222. The molecule has 1 aliphatic rings. The molecular weight excluding hydrogens is 311 g/mol. The Bertz CT molecular complexity index is 761. The van der Waals surface area contributed by atoms with E-state index in [1.165, 1.54) is 29.2 Å². The molecule has 2 aromatic carbocycles. The van der Waals surface area contributed by atoms with Crippen molar-refractivity contribution in [1.29, 1.82) is 0 Å². The molecule has 0 aromatic heterocycles. The Hall–Kier alpha value is -2.89. The lowest BCUT2D eigenvalue weighted by Crippen LogP contribution is -2.48. The van der Waals surface area contributed by atoms with Gasteiger partial charge < -0.3 is 10.1 Å². The maximum absolute atomic E-state index is 12.9. The number of rotatable bonds is 4. The molecule has 124 valence electrons. The smallest absolute Gasteiger partial charge is 0.265 e. The first-order valence-corrected chi connectivity index (χ1v) is 7.60. The van der Waals surface area contributed by atoms with Crippen molar-refractivity contribution >= 4 is 17.5 Å². The van der Waals surface area contributed by atoms with Crippen LogP contribution in [0.4, 0.5) is 10.1 Å². The number of fused-ring (bicyclic) bond motifs is 1. The second-order valence-electron chi connectivity index (χ2n) is 5.47. The summed E-state index contributed by atoms with van der Waals surface area (Å²) < 4.78 is 18.3. The summed E-state index contributed by atoms with van der Waals surface area (Å²) >= 11 is 0. The number of anilines is 1. The van der Waals surface area contributed by atoms with Gasteiger partial charge in [0, 0.05) is 19.2 Å². The minimum atomic E-state index is -0.586. The van der Waals surface area contributed by atoms with E-state index in [-0.39, 0.29) is 24.2 Å². The van der Waals surface area contributed by atoms with Crippen LogP contribution in [-0.4, -0.2) is 31.5 Å². The zero-order chi connectivity index (χ0) is 17.1. The van der Waals surface area contributed by atoms with Crippen molar-refractivity contribution in [3.63, 3.8) is 0 Å². The fourth-order valence-corrected chi connectivity index (χ4v) is 2.82. The zero-order valence-corrected chi connectivity index (χ0v) is 13.2. The monoisotopic (exact) mass is 328 g/mol. The van der Waals surface area contributed by atoms with Crippen LogP contribution in [0.25, 0.3) is 0 Å². The van der Waals surface area contributed by atoms with Crippen molar-refractivity contribution < 1.29 is 18.7 Å². The fourth-order valence-electron chi connectivity index (χ4n) is 2.82. The largest absolute Gasteiger partial charge is 0.484 e. The lowest BCUT2D eigenvalue weighted by Gasteiger charge is -2.24. The summed E-state index contributed by atoms with van der Waals surface area (Å²) in [6.45, 7) is -0.229. The number of nitrogens with one attached hydrogen (secondary N) is 1. The molecule has 6 heteroatoms. The molecule has 24 heavy (non-hydrogen) atoms. The SMILES string of the molecule is CNC(=O)[C@H]1Cc2ccccc2N1C(=O)COc1ccc(F)cc1. The van der Waals surface area contributed by atoms with Gasteiger partial charge >= 0.3 is 0 Å². The molecule has 0 saturated carbocycles. The van der Waals surface area contributed by atoms with E-state index in [4.69, 9.17) is 4.74 Å². The number of carbonyl (C=O) groups is 2. The van der Waals surface area contributed by atoms with E-state index in [2.05, 4.69) is 5.32 Å². The van der Waals surface area contributed by atoms with Gasteiger partial charge in [-0.2, -0.15) is 0 Å². The summed E-state index contributed by atoms with van der Waals surface area (Å²) in [7, 11) is 1.54. The highest BCUT2D eigenvalue weighted by Crippen LogP contribution is 2.32. The van der Waals surface area contributed by atoms with E-state index < -0.39 is 6.04 Å². The van der Waals surface area contributed by atoms with Gasteiger partial charge in [-0.1, -0.05) is 18.2 Å². The molecule has 2 aromatic rings. The summed E-state index contributed by atoms with van der Waals surface area (Å²) in [5.74, 6) is -0.519. The number of benzene rings is 2. The number of ether oxygens (including phenoxy) is 1. The third-order valence-corrected chi connectivity index (χ3v) is 3.97. The minimum absolute atomic E-state index is 0.221. The number of nitrogens with zero attached hydrogens (tertiary/aromatic N) is 1. The number of halogens is 1. The number of likely N-dealkylation sites (N-methyl/N-ethyl adjacent to an activating group) is 1. The molecule has 1 aliphatic heterocycles. The number of carbonyl (C=O) groups excluding carboxylic acids is 2. The van der Waals surface area contributed by atoms with Crippen LogP contribution in [0, 0.1) is 5.82 Å². The van der Waals surface area contributed by atoms with Crippen LogP contribution in [0.3, 0.4) is 0 Å². The van der Waals surface area contributed by atoms with Crippen LogP contribution in [0.1, 0.15) is 5.56 Å². The molecule has 0 bridgehead atoms. The molecule has 1 heterocycles. The van der Waals surface area contributed by atoms with Crippen molar-refractivity contribution in [2.24, 2.45) is 0 Å². The van der Waals surface area contributed by atoms with E-state index in [0.717, 1.165) is 11.3 Å². The van der Waals surface area contributed by atoms with E-state index >= 15 is 0 Å². The molecule has 0 unspecified atom stereocenters. The van der Waals surface area contributed by atoms with Gasteiger partial charge in [0.05, 0.1) is 0 Å². The van der Waals surface area contributed by atoms with E-state index in [1.807, 2.05) is 24.3 Å². The normalized spacial score (nSPS) is 15.8. The molecule has 2 amide bonds. The third-order valence-electron chi connectivity index (χ3n) is 3.97.